The zero-order valence-electron chi connectivity index (χ0n) is 11.7. The Balaban J connectivity index is 2.39. The molecule has 0 spiro atoms. The third kappa shape index (κ3) is 2.90. The Morgan fingerprint density at radius 3 is 2.40 bits per heavy atom. The van der Waals surface area contributed by atoms with Crippen LogP contribution in [-0.4, -0.2) is 26.2 Å². The van der Waals surface area contributed by atoms with E-state index in [9.17, 15) is 9.59 Å². The maximum Gasteiger partial charge on any atom is 0.334 e. The summed E-state index contributed by atoms with van der Waals surface area (Å²) >= 11 is 0. The van der Waals surface area contributed by atoms with Crippen molar-refractivity contribution in [2.24, 2.45) is 5.92 Å². The van der Waals surface area contributed by atoms with Gasteiger partial charge < -0.3 is 9.47 Å². The highest BCUT2D eigenvalue weighted by molar-refractivity contribution is 5.99. The van der Waals surface area contributed by atoms with Crippen molar-refractivity contribution in [3.8, 4) is 0 Å². The van der Waals surface area contributed by atoms with Crippen molar-refractivity contribution in [1.29, 1.82) is 0 Å². The summed E-state index contributed by atoms with van der Waals surface area (Å²) < 4.78 is 9.67. The van der Waals surface area contributed by atoms with E-state index in [2.05, 4.69) is 0 Å². The molecule has 106 valence electrons. The van der Waals surface area contributed by atoms with Gasteiger partial charge in [-0.05, 0) is 30.4 Å². The predicted molar refractivity (Wildman–Crippen MR) is 74.7 cm³/mol. The monoisotopic (exact) mass is 274 g/mol. The lowest BCUT2D eigenvalue weighted by Gasteiger charge is -2.25. The summed E-state index contributed by atoms with van der Waals surface area (Å²) in [6, 6.07) is 9.64. The molecular weight excluding hydrogens is 256 g/mol. The fraction of sp³-hybridized carbons (Fsp3) is 0.375. The van der Waals surface area contributed by atoms with E-state index in [-0.39, 0.29) is 17.9 Å². The number of hydrogen-bond acceptors (Lipinski definition) is 4. The Bertz CT molecular complexity index is 531. The van der Waals surface area contributed by atoms with Crippen LogP contribution in [0.25, 0.3) is 5.57 Å². The summed E-state index contributed by atoms with van der Waals surface area (Å²) in [6.45, 7) is 0. The van der Waals surface area contributed by atoms with Gasteiger partial charge in [0.2, 0.25) is 0 Å². The molecule has 4 heteroatoms. The highest BCUT2D eigenvalue weighted by atomic mass is 16.5. The van der Waals surface area contributed by atoms with Crippen LogP contribution in [0.3, 0.4) is 0 Å². The molecule has 2 rings (SSSR count). The molecule has 0 fully saturated rings. The van der Waals surface area contributed by atoms with Crippen LogP contribution in [0.1, 0.15) is 24.8 Å². The molecule has 0 aliphatic heterocycles. The van der Waals surface area contributed by atoms with E-state index >= 15 is 0 Å². The number of carbonyl (C=O) groups is 2. The van der Waals surface area contributed by atoms with E-state index in [1.165, 1.54) is 14.2 Å². The van der Waals surface area contributed by atoms with Gasteiger partial charge in [-0.3, -0.25) is 4.79 Å². The summed E-state index contributed by atoms with van der Waals surface area (Å²) in [5.74, 6) is -0.724. The number of esters is 2. The Hall–Kier alpha value is -2.10. The molecule has 0 amide bonds. The molecule has 1 aliphatic carbocycles. The zero-order valence-corrected chi connectivity index (χ0v) is 11.7. The first-order valence-electron chi connectivity index (χ1n) is 6.61. The van der Waals surface area contributed by atoms with Crippen LogP contribution in [0.5, 0.6) is 0 Å². The van der Waals surface area contributed by atoms with Crippen LogP contribution in [0.4, 0.5) is 0 Å². The number of hydrogen-bond donors (Lipinski definition) is 0. The first kappa shape index (κ1) is 14.3. The Labute approximate surface area is 118 Å². The van der Waals surface area contributed by atoms with Crippen LogP contribution in [0.15, 0.2) is 35.9 Å². The largest absolute Gasteiger partial charge is 0.469 e. The second kappa shape index (κ2) is 6.37. The molecule has 0 aromatic heterocycles. The van der Waals surface area contributed by atoms with Crippen molar-refractivity contribution < 1.29 is 19.1 Å². The van der Waals surface area contributed by atoms with Gasteiger partial charge in [-0.25, -0.2) is 4.79 Å². The normalized spacial score (nSPS) is 18.6. The minimum absolute atomic E-state index is 0.191. The van der Waals surface area contributed by atoms with Gasteiger partial charge in [0.25, 0.3) is 0 Å². The SMILES string of the molecule is COC(=O)C1=C(c2ccccc2)CC(C(=O)OC)CC1. The van der Waals surface area contributed by atoms with E-state index in [1.54, 1.807) is 0 Å². The van der Waals surface area contributed by atoms with Gasteiger partial charge in [-0.2, -0.15) is 0 Å². The highest BCUT2D eigenvalue weighted by Crippen LogP contribution is 2.36. The molecule has 1 aliphatic rings. The average Bonchev–Trinajstić information content (AvgIpc) is 2.53. The van der Waals surface area contributed by atoms with E-state index in [0.717, 1.165) is 11.1 Å². The fourth-order valence-corrected chi connectivity index (χ4v) is 2.59. The molecule has 0 bridgehead atoms. The molecule has 0 radical (unpaired) electrons. The summed E-state index contributed by atoms with van der Waals surface area (Å²) in [7, 11) is 2.77. The standard InChI is InChI=1S/C16H18O4/c1-19-15(17)12-8-9-13(16(18)20-2)14(10-12)11-6-4-3-5-7-11/h3-7,12H,8-10H2,1-2H3. The number of methoxy groups -OCH3 is 2. The van der Waals surface area contributed by atoms with Crippen LogP contribution in [0, 0.1) is 5.92 Å². The van der Waals surface area contributed by atoms with Crippen LogP contribution in [0.2, 0.25) is 0 Å². The van der Waals surface area contributed by atoms with Gasteiger partial charge in [0.05, 0.1) is 20.1 Å². The Kier molecular flexibility index (Phi) is 4.56. The van der Waals surface area contributed by atoms with Gasteiger partial charge in [0, 0.05) is 5.57 Å². The van der Waals surface area contributed by atoms with Gasteiger partial charge in [-0.1, -0.05) is 30.3 Å². The summed E-state index contributed by atoms with van der Waals surface area (Å²) in [5.41, 5.74) is 2.51. The highest BCUT2D eigenvalue weighted by Gasteiger charge is 2.30. The molecule has 0 saturated carbocycles. The van der Waals surface area contributed by atoms with E-state index in [4.69, 9.17) is 9.47 Å². The number of ether oxygens (including phenoxy) is 2. The molecule has 0 heterocycles. The predicted octanol–water partition coefficient (Wildman–Crippen LogP) is 2.59. The lowest BCUT2D eigenvalue weighted by Crippen LogP contribution is -2.23. The van der Waals surface area contributed by atoms with Gasteiger partial charge >= 0.3 is 11.9 Å². The minimum atomic E-state index is -0.313. The fourth-order valence-electron chi connectivity index (χ4n) is 2.59. The van der Waals surface area contributed by atoms with Gasteiger partial charge in [-0.15, -0.1) is 0 Å². The lowest BCUT2D eigenvalue weighted by molar-refractivity contribution is -0.146. The molecule has 1 aromatic carbocycles. The molecule has 1 unspecified atom stereocenters. The van der Waals surface area contributed by atoms with E-state index < -0.39 is 0 Å². The molecular formula is C16H18O4. The quantitative estimate of drug-likeness (QED) is 0.795. The Morgan fingerprint density at radius 1 is 1.10 bits per heavy atom. The Morgan fingerprint density at radius 2 is 1.80 bits per heavy atom. The molecule has 0 saturated heterocycles. The van der Waals surface area contributed by atoms with Crippen molar-refractivity contribution in [1.82, 2.24) is 0 Å². The molecule has 0 N–H and O–H groups in total. The zero-order chi connectivity index (χ0) is 14.5. The van der Waals surface area contributed by atoms with E-state index in [1.807, 2.05) is 30.3 Å². The number of benzene rings is 1. The smallest absolute Gasteiger partial charge is 0.334 e. The van der Waals surface area contributed by atoms with Crippen LogP contribution >= 0.6 is 0 Å². The maximum atomic E-state index is 11.9. The second-order valence-electron chi connectivity index (χ2n) is 4.78. The third-order valence-corrected chi connectivity index (χ3v) is 3.65. The second-order valence-corrected chi connectivity index (χ2v) is 4.78. The summed E-state index contributed by atoms with van der Waals surface area (Å²) in [5, 5.41) is 0. The van der Waals surface area contributed by atoms with Gasteiger partial charge in [0.15, 0.2) is 0 Å². The van der Waals surface area contributed by atoms with E-state index in [0.29, 0.717) is 24.8 Å². The number of allylic oxidation sites excluding steroid dienone is 1. The van der Waals surface area contributed by atoms with Crippen molar-refractivity contribution >= 4 is 17.5 Å². The maximum absolute atomic E-state index is 11.9. The third-order valence-electron chi connectivity index (χ3n) is 3.65. The van der Waals surface area contributed by atoms with Crippen LogP contribution in [-0.2, 0) is 19.1 Å². The van der Waals surface area contributed by atoms with Crippen molar-refractivity contribution in [2.75, 3.05) is 14.2 Å². The molecule has 1 atom stereocenters. The first-order valence-corrected chi connectivity index (χ1v) is 6.61. The van der Waals surface area contributed by atoms with Crippen molar-refractivity contribution in [3.63, 3.8) is 0 Å². The summed E-state index contributed by atoms with van der Waals surface area (Å²) in [4.78, 5) is 23.6. The minimum Gasteiger partial charge on any atom is -0.469 e. The van der Waals surface area contributed by atoms with Crippen LogP contribution < -0.4 is 0 Å². The lowest BCUT2D eigenvalue weighted by atomic mass is 9.81. The first-order chi connectivity index (χ1) is 9.67. The number of rotatable bonds is 3. The molecule has 1 aromatic rings. The van der Waals surface area contributed by atoms with Crippen molar-refractivity contribution in [3.05, 3.63) is 41.5 Å². The summed E-state index contributed by atoms with van der Waals surface area (Å²) in [6.07, 6.45) is 1.67. The number of carbonyl (C=O) groups excluding carboxylic acids is 2. The van der Waals surface area contributed by atoms with Crippen molar-refractivity contribution in [2.45, 2.75) is 19.3 Å². The topological polar surface area (TPSA) is 52.6 Å². The molecule has 4 nitrogen and oxygen atoms in total. The molecule has 20 heavy (non-hydrogen) atoms. The van der Waals surface area contributed by atoms with Gasteiger partial charge in [0.1, 0.15) is 0 Å². The average molecular weight is 274 g/mol.